The van der Waals surface area contributed by atoms with E-state index >= 15 is 0 Å². The van der Waals surface area contributed by atoms with Crippen LogP contribution in [0.2, 0.25) is 0 Å². The van der Waals surface area contributed by atoms with E-state index in [1.165, 1.54) is 0 Å². The molecule has 3 nitrogen and oxygen atoms in total. The number of nitrogens with zero attached hydrogens (tertiary/aromatic N) is 1. The first-order valence-electron chi connectivity index (χ1n) is 3.95. The van der Waals surface area contributed by atoms with Gasteiger partial charge in [-0.2, -0.15) is 0 Å². The maximum absolute atomic E-state index is 10.3. The molecule has 68 valence electrons. The molecule has 0 unspecified atom stereocenters. The minimum Gasteiger partial charge on any atom is -0.550 e. The number of aliphatic carboxylic acids is 1. The average Bonchev–Trinajstić information content (AvgIpc) is 2.15. The molecule has 1 aromatic rings. The van der Waals surface area contributed by atoms with Crippen molar-refractivity contribution < 1.29 is 9.90 Å². The molecule has 0 atom stereocenters. The summed E-state index contributed by atoms with van der Waals surface area (Å²) in [6, 6.07) is 9.21. The highest BCUT2D eigenvalue weighted by molar-refractivity contribution is 6.08. The molecule has 0 bridgehead atoms. The van der Waals surface area contributed by atoms with Crippen LogP contribution in [-0.4, -0.2) is 18.7 Å². The van der Waals surface area contributed by atoms with Crippen LogP contribution < -0.4 is 5.11 Å². The number of hydrogen-bond donors (Lipinski definition) is 0. The molecular formula is C10H10NO2-. The van der Waals surface area contributed by atoms with Crippen LogP contribution in [0.15, 0.2) is 35.3 Å². The van der Waals surface area contributed by atoms with E-state index in [9.17, 15) is 9.90 Å². The number of rotatable bonds is 3. The first kappa shape index (κ1) is 9.45. The maximum atomic E-state index is 10.3. The second-order valence-electron chi connectivity index (χ2n) is 2.59. The van der Waals surface area contributed by atoms with Gasteiger partial charge in [0.2, 0.25) is 0 Å². The quantitative estimate of drug-likeness (QED) is 0.620. The Labute approximate surface area is 76.7 Å². The summed E-state index contributed by atoms with van der Waals surface area (Å²) in [5.41, 5.74) is 1.37. The summed E-state index contributed by atoms with van der Waals surface area (Å²) < 4.78 is 0. The Hall–Kier alpha value is -1.64. The summed E-state index contributed by atoms with van der Waals surface area (Å²) in [7, 11) is 1.57. The second kappa shape index (κ2) is 4.40. The molecule has 0 aliphatic heterocycles. The monoisotopic (exact) mass is 176 g/mol. The molecule has 0 aliphatic carbocycles. The number of carboxylic acid groups (broad SMARTS) is 1. The molecule has 0 spiro atoms. The van der Waals surface area contributed by atoms with Crippen molar-refractivity contribution in [2.75, 3.05) is 7.05 Å². The zero-order chi connectivity index (χ0) is 9.68. The van der Waals surface area contributed by atoms with Gasteiger partial charge in [0.1, 0.15) is 0 Å². The summed E-state index contributed by atoms with van der Waals surface area (Å²) in [5.74, 6) is -1.11. The molecule has 0 aromatic heterocycles. The van der Waals surface area contributed by atoms with Gasteiger partial charge in [0.05, 0.1) is 0 Å². The Morgan fingerprint density at radius 2 is 2.00 bits per heavy atom. The first-order chi connectivity index (χ1) is 6.24. The zero-order valence-corrected chi connectivity index (χ0v) is 7.36. The third kappa shape index (κ3) is 2.71. The fraction of sp³-hybridized carbons (Fsp3) is 0.200. The molecule has 0 N–H and O–H groups in total. The van der Waals surface area contributed by atoms with Gasteiger partial charge in [0.15, 0.2) is 0 Å². The van der Waals surface area contributed by atoms with Crippen LogP contribution in [0.1, 0.15) is 12.0 Å². The molecule has 3 heteroatoms. The third-order valence-electron chi connectivity index (χ3n) is 1.69. The molecule has 0 amide bonds. The number of hydrogen-bond acceptors (Lipinski definition) is 3. The molecule has 0 saturated carbocycles. The standard InChI is InChI=1S/C10H11NO2/c1-11-9(7-10(12)13)8-5-3-2-4-6-8/h2-6H,7H2,1H3,(H,12,13)/p-1. The van der Waals surface area contributed by atoms with Gasteiger partial charge in [-0.1, -0.05) is 30.3 Å². The van der Waals surface area contributed by atoms with Gasteiger partial charge < -0.3 is 9.90 Å². The SMILES string of the molecule is CN=C(CC(=O)[O-])c1ccccc1. The van der Waals surface area contributed by atoms with Gasteiger partial charge in [-0.05, 0) is 5.56 Å². The molecule has 1 rings (SSSR count). The van der Waals surface area contributed by atoms with E-state index < -0.39 is 5.97 Å². The Morgan fingerprint density at radius 3 is 2.46 bits per heavy atom. The van der Waals surface area contributed by atoms with Crippen molar-refractivity contribution in [3.63, 3.8) is 0 Å². The van der Waals surface area contributed by atoms with E-state index in [2.05, 4.69) is 4.99 Å². The van der Waals surface area contributed by atoms with Gasteiger partial charge in [0, 0.05) is 25.1 Å². The predicted molar refractivity (Wildman–Crippen MR) is 48.5 cm³/mol. The molecular weight excluding hydrogens is 166 g/mol. The van der Waals surface area contributed by atoms with E-state index in [-0.39, 0.29) is 6.42 Å². The lowest BCUT2D eigenvalue weighted by Gasteiger charge is -2.05. The predicted octanol–water partition coefficient (Wildman–Crippen LogP) is 0.245. The first-order valence-corrected chi connectivity index (χ1v) is 3.95. The Morgan fingerprint density at radius 1 is 1.38 bits per heavy atom. The molecule has 0 aliphatic rings. The van der Waals surface area contributed by atoms with Crippen LogP contribution >= 0.6 is 0 Å². The van der Waals surface area contributed by atoms with E-state index in [1.54, 1.807) is 7.05 Å². The molecule has 0 fully saturated rings. The smallest absolute Gasteiger partial charge is 0.0474 e. The Balaban J connectivity index is 2.86. The number of aliphatic imine (C=N–C) groups is 1. The summed E-state index contributed by atoms with van der Waals surface area (Å²) in [4.78, 5) is 14.2. The van der Waals surface area contributed by atoms with Crippen LogP contribution in [0.5, 0.6) is 0 Å². The third-order valence-corrected chi connectivity index (χ3v) is 1.69. The molecule has 0 saturated heterocycles. The maximum Gasteiger partial charge on any atom is 0.0474 e. The topological polar surface area (TPSA) is 52.5 Å². The van der Waals surface area contributed by atoms with Crippen molar-refractivity contribution in [1.29, 1.82) is 0 Å². The average molecular weight is 176 g/mol. The number of carboxylic acids is 1. The lowest BCUT2D eigenvalue weighted by Crippen LogP contribution is -2.25. The van der Waals surface area contributed by atoms with Gasteiger partial charge in [-0.3, -0.25) is 4.99 Å². The lowest BCUT2D eigenvalue weighted by molar-refractivity contribution is -0.303. The van der Waals surface area contributed by atoms with Crippen molar-refractivity contribution in [2.45, 2.75) is 6.42 Å². The summed E-state index contributed by atoms with van der Waals surface area (Å²) in [6.45, 7) is 0. The summed E-state index contributed by atoms with van der Waals surface area (Å²) in [6.07, 6.45) is -0.138. The minimum absolute atomic E-state index is 0.138. The number of benzene rings is 1. The summed E-state index contributed by atoms with van der Waals surface area (Å²) in [5, 5.41) is 10.3. The van der Waals surface area contributed by atoms with Crippen molar-refractivity contribution in [3.8, 4) is 0 Å². The van der Waals surface area contributed by atoms with Crippen LogP contribution in [0.3, 0.4) is 0 Å². The largest absolute Gasteiger partial charge is 0.550 e. The van der Waals surface area contributed by atoms with Crippen LogP contribution in [0.4, 0.5) is 0 Å². The van der Waals surface area contributed by atoms with Gasteiger partial charge in [-0.25, -0.2) is 0 Å². The Kier molecular flexibility index (Phi) is 3.20. The van der Waals surface area contributed by atoms with Crippen molar-refractivity contribution in [2.24, 2.45) is 4.99 Å². The van der Waals surface area contributed by atoms with E-state index in [4.69, 9.17) is 0 Å². The van der Waals surface area contributed by atoms with E-state index in [0.717, 1.165) is 5.56 Å². The van der Waals surface area contributed by atoms with Crippen molar-refractivity contribution in [1.82, 2.24) is 0 Å². The van der Waals surface area contributed by atoms with Crippen LogP contribution in [-0.2, 0) is 4.79 Å². The number of carbonyl (C=O) groups is 1. The fourth-order valence-corrected chi connectivity index (χ4v) is 1.08. The van der Waals surface area contributed by atoms with Crippen LogP contribution in [0, 0.1) is 0 Å². The molecule has 0 heterocycles. The summed E-state index contributed by atoms with van der Waals surface area (Å²) >= 11 is 0. The van der Waals surface area contributed by atoms with Gasteiger partial charge in [0.25, 0.3) is 0 Å². The molecule has 0 radical (unpaired) electrons. The minimum atomic E-state index is -1.11. The van der Waals surface area contributed by atoms with E-state index in [0.29, 0.717) is 5.71 Å². The van der Waals surface area contributed by atoms with Gasteiger partial charge in [-0.15, -0.1) is 0 Å². The highest BCUT2D eigenvalue weighted by Gasteiger charge is 2.01. The van der Waals surface area contributed by atoms with Gasteiger partial charge >= 0.3 is 0 Å². The highest BCUT2D eigenvalue weighted by Crippen LogP contribution is 2.03. The van der Waals surface area contributed by atoms with Crippen LogP contribution in [0.25, 0.3) is 0 Å². The Bertz CT molecular complexity index is 317. The van der Waals surface area contributed by atoms with E-state index in [1.807, 2.05) is 30.3 Å². The lowest BCUT2D eigenvalue weighted by atomic mass is 10.1. The fourth-order valence-electron chi connectivity index (χ4n) is 1.08. The second-order valence-corrected chi connectivity index (χ2v) is 2.59. The molecule has 13 heavy (non-hydrogen) atoms. The zero-order valence-electron chi connectivity index (χ0n) is 7.36. The normalized spacial score (nSPS) is 11.3. The number of carbonyl (C=O) groups excluding carboxylic acids is 1. The highest BCUT2D eigenvalue weighted by atomic mass is 16.4. The van der Waals surface area contributed by atoms with Crippen molar-refractivity contribution >= 4 is 11.7 Å². The van der Waals surface area contributed by atoms with Crippen molar-refractivity contribution in [3.05, 3.63) is 35.9 Å². The molecule has 1 aromatic carbocycles.